The second kappa shape index (κ2) is 11.9. The van der Waals surface area contributed by atoms with Gasteiger partial charge in [0.15, 0.2) is 17.3 Å². The van der Waals surface area contributed by atoms with Crippen LogP contribution in [0.2, 0.25) is 0 Å². The van der Waals surface area contributed by atoms with Crippen LogP contribution in [0.1, 0.15) is 60.0 Å². The molecule has 1 N–H and O–H groups in total. The van der Waals surface area contributed by atoms with Crippen molar-refractivity contribution in [1.29, 1.82) is 0 Å². The fourth-order valence-corrected chi connectivity index (χ4v) is 4.91. The highest BCUT2D eigenvalue weighted by Gasteiger charge is 2.44. The maximum Gasteiger partial charge on any atom is 0.290 e. The third kappa shape index (κ3) is 5.44. The molecule has 1 amide bonds. The number of carbonyl (C=O) groups excluding carboxylic acids is 2. The van der Waals surface area contributed by atoms with Crippen molar-refractivity contribution in [2.24, 2.45) is 0 Å². The Labute approximate surface area is 215 Å². The first-order valence-corrected chi connectivity index (χ1v) is 13.0. The molecule has 8 heteroatoms. The van der Waals surface area contributed by atoms with Gasteiger partial charge in [0.25, 0.3) is 5.91 Å². The van der Waals surface area contributed by atoms with Crippen molar-refractivity contribution in [3.05, 3.63) is 87.6 Å². The second-order valence-corrected chi connectivity index (χ2v) is 9.40. The minimum atomic E-state index is -0.784. The van der Waals surface area contributed by atoms with Crippen LogP contribution in [0.3, 0.4) is 0 Å². The lowest BCUT2D eigenvalue weighted by Crippen LogP contribution is -2.30. The van der Waals surface area contributed by atoms with Crippen molar-refractivity contribution < 1.29 is 24.2 Å². The second-order valence-electron chi connectivity index (χ2n) is 8.45. The Balaban J connectivity index is 1.74. The minimum absolute atomic E-state index is 0.0653. The minimum Gasteiger partial charge on any atom is -0.503 e. The van der Waals surface area contributed by atoms with Gasteiger partial charge in [-0.3, -0.25) is 14.6 Å². The molecule has 0 radical (unpaired) electrons. The molecule has 4 rings (SSSR count). The summed E-state index contributed by atoms with van der Waals surface area (Å²) < 4.78 is 11.8. The third-order valence-corrected chi connectivity index (χ3v) is 6.85. The van der Waals surface area contributed by atoms with E-state index in [1.165, 1.54) is 16.2 Å². The highest BCUT2D eigenvalue weighted by Crippen LogP contribution is 2.42. The van der Waals surface area contributed by atoms with Gasteiger partial charge in [-0.1, -0.05) is 31.9 Å². The summed E-state index contributed by atoms with van der Waals surface area (Å²) in [5, 5.41) is 12.7. The maximum absolute atomic E-state index is 13.5. The summed E-state index contributed by atoms with van der Waals surface area (Å²) in [5.74, 6) is -0.325. The van der Waals surface area contributed by atoms with E-state index in [1.807, 2.05) is 19.1 Å². The molecule has 3 heterocycles. The summed E-state index contributed by atoms with van der Waals surface area (Å²) in [5.41, 5.74) is 1.56. The Hall–Kier alpha value is -3.65. The first kappa shape index (κ1) is 25.4. The van der Waals surface area contributed by atoms with Crippen LogP contribution in [-0.2, 0) is 11.3 Å². The van der Waals surface area contributed by atoms with Gasteiger partial charge in [-0.15, -0.1) is 11.3 Å². The summed E-state index contributed by atoms with van der Waals surface area (Å²) in [7, 11) is 0. The molecule has 188 valence electrons. The normalized spacial score (nSPS) is 15.4. The number of Topliss-reactive ketones (excluding diaryl/α,β-unsaturated/α-hetero) is 1. The number of benzene rings is 1. The summed E-state index contributed by atoms with van der Waals surface area (Å²) >= 11 is 1.27. The van der Waals surface area contributed by atoms with E-state index in [-0.39, 0.29) is 17.9 Å². The molecular weight excluding hydrogens is 476 g/mol. The van der Waals surface area contributed by atoms with E-state index in [9.17, 15) is 14.7 Å². The lowest BCUT2D eigenvalue weighted by molar-refractivity contribution is -0.130. The van der Waals surface area contributed by atoms with E-state index in [1.54, 1.807) is 48.1 Å². The predicted octanol–water partition coefficient (Wildman–Crippen LogP) is 5.89. The number of ketones is 1. The highest BCUT2D eigenvalue weighted by atomic mass is 32.1. The van der Waals surface area contributed by atoms with E-state index in [0.29, 0.717) is 35.2 Å². The van der Waals surface area contributed by atoms with Crippen molar-refractivity contribution in [3.63, 3.8) is 0 Å². The van der Waals surface area contributed by atoms with Gasteiger partial charge in [0, 0.05) is 18.9 Å². The Bertz CT molecular complexity index is 1220. The van der Waals surface area contributed by atoms with Crippen LogP contribution >= 0.6 is 11.3 Å². The number of thiophene rings is 1. The quantitative estimate of drug-likeness (QED) is 0.243. The number of ether oxygens (including phenoxy) is 2. The zero-order chi connectivity index (χ0) is 25.5. The Kier molecular flexibility index (Phi) is 8.38. The molecule has 0 saturated carbocycles. The molecule has 1 aliphatic rings. The number of aromatic nitrogens is 1. The summed E-state index contributed by atoms with van der Waals surface area (Å²) in [6.07, 6.45) is 6.41. The van der Waals surface area contributed by atoms with Crippen LogP contribution < -0.4 is 9.47 Å². The molecule has 0 spiro atoms. The molecular formula is C28H30N2O5S. The fraction of sp³-hybridized carbons (Fsp3) is 0.321. The molecule has 36 heavy (non-hydrogen) atoms. The lowest BCUT2D eigenvalue weighted by atomic mass is 9.95. The Morgan fingerprint density at radius 1 is 1.08 bits per heavy atom. The molecule has 2 aromatic heterocycles. The number of aliphatic hydroxyl groups excluding tert-OH is 1. The molecule has 3 aromatic rings. The largest absolute Gasteiger partial charge is 0.503 e. The van der Waals surface area contributed by atoms with Crippen LogP contribution in [0.25, 0.3) is 0 Å². The molecule has 1 unspecified atom stereocenters. The van der Waals surface area contributed by atoms with Gasteiger partial charge in [-0.05, 0) is 60.2 Å². The molecule has 7 nitrogen and oxygen atoms in total. The smallest absolute Gasteiger partial charge is 0.290 e. The van der Waals surface area contributed by atoms with Crippen molar-refractivity contribution >= 4 is 23.0 Å². The average Bonchev–Trinajstić information content (AvgIpc) is 3.51. The molecule has 1 atom stereocenters. The highest BCUT2D eigenvalue weighted by molar-refractivity contribution is 7.12. The monoisotopic (exact) mass is 506 g/mol. The predicted molar refractivity (Wildman–Crippen MR) is 138 cm³/mol. The van der Waals surface area contributed by atoms with Crippen LogP contribution in [0, 0.1) is 0 Å². The number of aliphatic hydroxyl groups is 1. The molecule has 0 bridgehead atoms. The molecule has 1 aromatic carbocycles. The molecule has 1 aliphatic heterocycles. The van der Waals surface area contributed by atoms with Crippen LogP contribution in [-0.4, -0.2) is 39.9 Å². The summed E-state index contributed by atoms with van der Waals surface area (Å²) in [4.78, 5) is 32.7. The number of rotatable bonds is 12. The van der Waals surface area contributed by atoms with Gasteiger partial charge >= 0.3 is 0 Å². The van der Waals surface area contributed by atoms with Crippen molar-refractivity contribution in [1.82, 2.24) is 9.88 Å². The van der Waals surface area contributed by atoms with Gasteiger partial charge in [-0.2, -0.15) is 0 Å². The summed E-state index contributed by atoms with van der Waals surface area (Å²) in [6.45, 7) is 5.24. The van der Waals surface area contributed by atoms with Gasteiger partial charge in [-0.25, -0.2) is 0 Å². The van der Waals surface area contributed by atoms with Crippen LogP contribution in [0.15, 0.2) is 71.6 Å². The number of hydrogen-bond donors (Lipinski definition) is 1. The molecule has 0 aliphatic carbocycles. The molecule has 0 saturated heterocycles. The van der Waals surface area contributed by atoms with Crippen LogP contribution in [0.5, 0.6) is 11.5 Å². The first-order chi connectivity index (χ1) is 17.5. The SMILES string of the molecule is CCCCCOc1ccc(C2C(C(=O)c3cccs3)=C(O)C(=O)N2Cc2ccncc2)cc1OCC. The van der Waals surface area contributed by atoms with Gasteiger partial charge in [0.2, 0.25) is 5.78 Å². The number of nitrogens with zero attached hydrogens (tertiary/aromatic N) is 2. The average molecular weight is 507 g/mol. The van der Waals surface area contributed by atoms with Crippen molar-refractivity contribution in [3.8, 4) is 11.5 Å². The first-order valence-electron chi connectivity index (χ1n) is 12.2. The van der Waals surface area contributed by atoms with E-state index in [4.69, 9.17) is 9.47 Å². The van der Waals surface area contributed by atoms with Gasteiger partial charge < -0.3 is 19.5 Å². The van der Waals surface area contributed by atoms with E-state index in [2.05, 4.69) is 11.9 Å². The van der Waals surface area contributed by atoms with E-state index >= 15 is 0 Å². The number of carbonyl (C=O) groups is 2. The topological polar surface area (TPSA) is 89.0 Å². The van der Waals surface area contributed by atoms with E-state index < -0.39 is 17.7 Å². The van der Waals surface area contributed by atoms with E-state index in [0.717, 1.165) is 24.8 Å². The Morgan fingerprint density at radius 2 is 1.89 bits per heavy atom. The van der Waals surface area contributed by atoms with Gasteiger partial charge in [0.1, 0.15) is 0 Å². The zero-order valence-corrected chi connectivity index (χ0v) is 21.3. The number of amides is 1. The Morgan fingerprint density at radius 3 is 2.58 bits per heavy atom. The number of unbranched alkanes of at least 4 members (excludes halogenated alkanes) is 2. The fourth-order valence-electron chi connectivity index (χ4n) is 4.24. The lowest BCUT2D eigenvalue weighted by Gasteiger charge is -2.27. The maximum atomic E-state index is 13.5. The van der Waals surface area contributed by atoms with Gasteiger partial charge in [0.05, 0.1) is 29.7 Å². The molecule has 0 fully saturated rings. The van der Waals surface area contributed by atoms with Crippen molar-refractivity contribution in [2.45, 2.75) is 45.7 Å². The zero-order valence-electron chi connectivity index (χ0n) is 20.5. The standard InChI is InChI=1S/C28H30N2O5S/c1-3-5-6-15-35-21-10-9-20(17-22(21)34-4-2)25-24(26(31)23-8-7-16-36-23)27(32)28(33)30(25)18-19-11-13-29-14-12-19/h7-14,16-17,25,32H,3-6,15,18H2,1-2H3. The third-order valence-electron chi connectivity index (χ3n) is 5.98. The van der Waals surface area contributed by atoms with Crippen molar-refractivity contribution in [2.75, 3.05) is 13.2 Å². The van der Waals surface area contributed by atoms with Crippen LogP contribution in [0.4, 0.5) is 0 Å². The summed E-state index contributed by atoms with van der Waals surface area (Å²) in [6, 6.07) is 11.7. The number of pyridine rings is 1. The number of hydrogen-bond acceptors (Lipinski definition) is 7.